The number of aliphatic carboxylic acids is 1. The van der Waals surface area contributed by atoms with Crippen molar-refractivity contribution in [3.05, 3.63) is 34.1 Å². The topological polar surface area (TPSA) is 37.3 Å². The summed E-state index contributed by atoms with van der Waals surface area (Å²) in [5.74, 6) is -2.00. The highest BCUT2D eigenvalue weighted by Gasteiger charge is 2.39. The minimum absolute atomic E-state index is 0.0932. The molecule has 1 unspecified atom stereocenters. The van der Waals surface area contributed by atoms with E-state index in [1.54, 1.807) is 12.1 Å². The molecule has 0 amide bonds. The van der Waals surface area contributed by atoms with Crippen LogP contribution in [-0.2, 0) is 4.79 Å². The molecule has 0 spiro atoms. The van der Waals surface area contributed by atoms with Crippen LogP contribution in [0.2, 0.25) is 0 Å². The summed E-state index contributed by atoms with van der Waals surface area (Å²) in [6.07, 6.45) is 1.75. The molecule has 0 radical (unpaired) electrons. The molecule has 1 aromatic rings. The molecule has 1 saturated carbocycles. The fraction of sp³-hybridized carbons (Fsp3) is 0.364. The Kier molecular flexibility index (Phi) is 2.78. The van der Waals surface area contributed by atoms with Gasteiger partial charge in [-0.2, -0.15) is 0 Å². The maximum absolute atomic E-state index is 13.6. The summed E-state index contributed by atoms with van der Waals surface area (Å²) in [5, 5.41) is 9.10. The van der Waals surface area contributed by atoms with Gasteiger partial charge in [0.25, 0.3) is 0 Å². The highest BCUT2D eigenvalue weighted by Crippen LogP contribution is 2.45. The Balaban J connectivity index is 2.45. The summed E-state index contributed by atoms with van der Waals surface area (Å²) in [7, 11) is 0. The Bertz CT molecular complexity index is 381. The third-order valence-corrected chi connectivity index (χ3v) is 3.36. The molecule has 80 valence electrons. The maximum atomic E-state index is 13.6. The SMILES string of the molecule is O=C(O)C(c1c(F)cccc1Br)C1CC1. The van der Waals surface area contributed by atoms with Crippen molar-refractivity contribution in [2.45, 2.75) is 18.8 Å². The maximum Gasteiger partial charge on any atom is 0.311 e. The molecule has 1 fully saturated rings. The standard InChI is InChI=1S/C11H10BrFO2/c12-7-2-1-3-8(13)10(7)9(11(14)15)6-4-5-6/h1-3,6,9H,4-5H2,(H,14,15). The van der Waals surface area contributed by atoms with E-state index < -0.39 is 17.7 Å². The molecule has 2 nitrogen and oxygen atoms in total. The summed E-state index contributed by atoms with van der Waals surface area (Å²) < 4.78 is 14.1. The van der Waals surface area contributed by atoms with Crippen molar-refractivity contribution < 1.29 is 14.3 Å². The lowest BCUT2D eigenvalue weighted by molar-refractivity contribution is -0.139. The highest BCUT2D eigenvalue weighted by molar-refractivity contribution is 9.10. The predicted molar refractivity (Wildman–Crippen MR) is 57.2 cm³/mol. The van der Waals surface area contributed by atoms with E-state index in [1.807, 2.05) is 0 Å². The quantitative estimate of drug-likeness (QED) is 0.918. The van der Waals surface area contributed by atoms with Gasteiger partial charge in [-0.3, -0.25) is 4.79 Å². The number of carbonyl (C=O) groups is 1. The van der Waals surface area contributed by atoms with Gasteiger partial charge in [0.2, 0.25) is 0 Å². The van der Waals surface area contributed by atoms with Crippen LogP contribution in [0.15, 0.2) is 22.7 Å². The zero-order chi connectivity index (χ0) is 11.0. The molecule has 0 saturated heterocycles. The van der Waals surface area contributed by atoms with E-state index in [1.165, 1.54) is 6.07 Å². The third kappa shape index (κ3) is 2.04. The van der Waals surface area contributed by atoms with Gasteiger partial charge in [-0.15, -0.1) is 0 Å². The van der Waals surface area contributed by atoms with Crippen LogP contribution in [-0.4, -0.2) is 11.1 Å². The first kappa shape index (κ1) is 10.6. The largest absolute Gasteiger partial charge is 0.481 e. The van der Waals surface area contributed by atoms with Gasteiger partial charge in [0.1, 0.15) is 5.82 Å². The first-order valence-electron chi connectivity index (χ1n) is 4.78. The smallest absolute Gasteiger partial charge is 0.311 e. The van der Waals surface area contributed by atoms with E-state index in [-0.39, 0.29) is 11.5 Å². The number of carboxylic acid groups (broad SMARTS) is 1. The van der Waals surface area contributed by atoms with E-state index in [0.717, 1.165) is 12.8 Å². The number of carboxylic acids is 1. The monoisotopic (exact) mass is 272 g/mol. The second kappa shape index (κ2) is 3.93. The number of hydrogen-bond acceptors (Lipinski definition) is 1. The molecule has 1 aliphatic rings. The molecule has 4 heteroatoms. The second-order valence-electron chi connectivity index (χ2n) is 3.79. The van der Waals surface area contributed by atoms with Gasteiger partial charge in [-0.05, 0) is 30.9 Å². The fourth-order valence-electron chi connectivity index (χ4n) is 1.80. The lowest BCUT2D eigenvalue weighted by Gasteiger charge is -2.14. The van der Waals surface area contributed by atoms with E-state index in [2.05, 4.69) is 15.9 Å². The summed E-state index contributed by atoms with van der Waals surface area (Å²) in [4.78, 5) is 11.1. The normalized spacial score (nSPS) is 17.5. The van der Waals surface area contributed by atoms with Crippen molar-refractivity contribution in [2.24, 2.45) is 5.92 Å². The van der Waals surface area contributed by atoms with Crippen molar-refractivity contribution in [1.82, 2.24) is 0 Å². The van der Waals surface area contributed by atoms with Crippen molar-refractivity contribution in [3.63, 3.8) is 0 Å². The van der Waals surface area contributed by atoms with Gasteiger partial charge in [0.05, 0.1) is 5.92 Å². The van der Waals surface area contributed by atoms with Crippen LogP contribution in [0.3, 0.4) is 0 Å². The molecule has 15 heavy (non-hydrogen) atoms. The molecular formula is C11H10BrFO2. The zero-order valence-corrected chi connectivity index (χ0v) is 9.50. The summed E-state index contributed by atoms with van der Waals surface area (Å²) in [6.45, 7) is 0. The molecule has 0 bridgehead atoms. The van der Waals surface area contributed by atoms with Crippen LogP contribution in [0.25, 0.3) is 0 Å². The van der Waals surface area contributed by atoms with Gasteiger partial charge in [0.15, 0.2) is 0 Å². The molecule has 1 aliphatic carbocycles. The minimum atomic E-state index is -0.941. The van der Waals surface area contributed by atoms with E-state index in [4.69, 9.17) is 5.11 Å². The van der Waals surface area contributed by atoms with Gasteiger partial charge in [-0.25, -0.2) is 4.39 Å². The second-order valence-corrected chi connectivity index (χ2v) is 4.64. The van der Waals surface area contributed by atoms with Crippen LogP contribution in [0.4, 0.5) is 4.39 Å². The lowest BCUT2D eigenvalue weighted by Crippen LogP contribution is -2.15. The number of rotatable bonds is 3. The number of benzene rings is 1. The van der Waals surface area contributed by atoms with Crippen LogP contribution in [0, 0.1) is 11.7 Å². The Morgan fingerprint density at radius 1 is 1.53 bits per heavy atom. The van der Waals surface area contributed by atoms with Gasteiger partial charge >= 0.3 is 5.97 Å². The Morgan fingerprint density at radius 3 is 2.67 bits per heavy atom. The summed E-state index contributed by atoms with van der Waals surface area (Å²) >= 11 is 3.21. The van der Waals surface area contributed by atoms with Crippen molar-refractivity contribution in [3.8, 4) is 0 Å². The molecule has 0 heterocycles. The molecule has 1 aromatic carbocycles. The van der Waals surface area contributed by atoms with Crippen molar-refractivity contribution in [1.29, 1.82) is 0 Å². The Morgan fingerprint density at radius 2 is 2.20 bits per heavy atom. The minimum Gasteiger partial charge on any atom is -0.481 e. The van der Waals surface area contributed by atoms with Crippen LogP contribution >= 0.6 is 15.9 Å². The summed E-state index contributed by atoms with van der Waals surface area (Å²) in [6, 6.07) is 4.55. The average molecular weight is 273 g/mol. The number of halogens is 2. The van der Waals surface area contributed by atoms with E-state index >= 15 is 0 Å². The average Bonchev–Trinajstić information content (AvgIpc) is 2.94. The number of hydrogen-bond donors (Lipinski definition) is 1. The van der Waals surface area contributed by atoms with Crippen LogP contribution < -0.4 is 0 Å². The fourth-order valence-corrected chi connectivity index (χ4v) is 2.39. The Labute approximate surface area is 95.2 Å². The molecule has 2 rings (SSSR count). The van der Waals surface area contributed by atoms with E-state index in [0.29, 0.717) is 4.47 Å². The van der Waals surface area contributed by atoms with Crippen LogP contribution in [0.5, 0.6) is 0 Å². The van der Waals surface area contributed by atoms with Crippen molar-refractivity contribution >= 4 is 21.9 Å². The van der Waals surface area contributed by atoms with E-state index in [9.17, 15) is 9.18 Å². The predicted octanol–water partition coefficient (Wildman–Crippen LogP) is 3.17. The molecule has 1 atom stereocenters. The molecular weight excluding hydrogens is 263 g/mol. The summed E-state index contributed by atoms with van der Waals surface area (Å²) in [5.41, 5.74) is 0.285. The van der Waals surface area contributed by atoms with Gasteiger partial charge in [0, 0.05) is 10.0 Å². The first-order chi connectivity index (χ1) is 7.11. The zero-order valence-electron chi connectivity index (χ0n) is 7.91. The van der Waals surface area contributed by atoms with Gasteiger partial charge < -0.3 is 5.11 Å². The first-order valence-corrected chi connectivity index (χ1v) is 5.57. The molecule has 0 aliphatic heterocycles. The Hall–Kier alpha value is -0.900. The highest BCUT2D eigenvalue weighted by atomic mass is 79.9. The lowest BCUT2D eigenvalue weighted by atomic mass is 9.94. The third-order valence-electron chi connectivity index (χ3n) is 2.67. The van der Waals surface area contributed by atoms with Crippen molar-refractivity contribution in [2.75, 3.05) is 0 Å². The molecule has 1 N–H and O–H groups in total. The molecule has 0 aromatic heterocycles. The van der Waals surface area contributed by atoms with Gasteiger partial charge in [-0.1, -0.05) is 22.0 Å². The van der Waals surface area contributed by atoms with Crippen LogP contribution in [0.1, 0.15) is 24.3 Å².